The van der Waals surface area contributed by atoms with Gasteiger partial charge in [0.2, 0.25) is 0 Å². The van der Waals surface area contributed by atoms with E-state index in [0.29, 0.717) is 11.7 Å². The number of fused-ring (bicyclic) bond motifs is 1. The Balaban J connectivity index is 0.000000211. The van der Waals surface area contributed by atoms with Crippen molar-refractivity contribution in [1.82, 2.24) is 4.90 Å². The molecule has 0 radical (unpaired) electrons. The molecular formula is C23H37NO. The van der Waals surface area contributed by atoms with Gasteiger partial charge >= 0.3 is 0 Å². The number of benzene rings is 1. The molecule has 0 bridgehead atoms. The number of hydrogen-bond donors (Lipinski definition) is 0. The van der Waals surface area contributed by atoms with Gasteiger partial charge in [0, 0.05) is 25.4 Å². The van der Waals surface area contributed by atoms with Crippen LogP contribution in [0.2, 0.25) is 0 Å². The van der Waals surface area contributed by atoms with Gasteiger partial charge in [0.15, 0.2) is 0 Å². The fourth-order valence-corrected chi connectivity index (χ4v) is 4.29. The molecule has 2 aliphatic carbocycles. The number of hydrogen-bond acceptors (Lipinski definition) is 2. The molecule has 2 heteroatoms. The van der Waals surface area contributed by atoms with E-state index in [1.54, 1.807) is 0 Å². The zero-order valence-corrected chi connectivity index (χ0v) is 16.7. The average Bonchev–Trinajstić information content (AvgIpc) is 3.45. The predicted octanol–water partition coefficient (Wildman–Crippen LogP) is 5.50. The molecule has 25 heavy (non-hydrogen) atoms. The van der Waals surface area contributed by atoms with Crippen LogP contribution in [0.15, 0.2) is 30.3 Å². The lowest BCUT2D eigenvalue weighted by Gasteiger charge is -2.46. The van der Waals surface area contributed by atoms with Crippen molar-refractivity contribution < 1.29 is 4.79 Å². The Bertz CT molecular complexity index is 508. The molecule has 0 N–H and O–H groups in total. The third kappa shape index (κ3) is 6.26. The molecule has 2 nitrogen and oxygen atoms in total. The molecule has 1 heterocycles. The summed E-state index contributed by atoms with van der Waals surface area (Å²) in [5.41, 5.74) is 1.32. The fourth-order valence-electron chi connectivity index (χ4n) is 4.29. The van der Waals surface area contributed by atoms with Gasteiger partial charge in [-0.25, -0.2) is 0 Å². The van der Waals surface area contributed by atoms with Crippen molar-refractivity contribution in [3.05, 3.63) is 35.9 Å². The standard InChI is InChI=1S/C14H23NO.C7H8.C2H6/c1-10-14-5-4-13(16)8-12(14)6-7-15(10)9-11-2-3-11;1-7-5-3-2-4-6-7;1-2/h10-12,14H,2-9H2,1H3;2-6H,1H3;1-2H3. The molecule has 1 aromatic rings. The van der Waals surface area contributed by atoms with Gasteiger partial charge in [-0.15, -0.1) is 0 Å². The minimum absolute atomic E-state index is 0.518. The van der Waals surface area contributed by atoms with Crippen LogP contribution in [0.25, 0.3) is 0 Å². The van der Waals surface area contributed by atoms with Crippen molar-refractivity contribution in [2.45, 2.75) is 72.3 Å². The van der Waals surface area contributed by atoms with Crippen LogP contribution in [-0.4, -0.2) is 29.8 Å². The van der Waals surface area contributed by atoms with E-state index in [9.17, 15) is 4.79 Å². The molecule has 0 amide bonds. The molecule has 3 fully saturated rings. The van der Waals surface area contributed by atoms with Gasteiger partial charge in [0.05, 0.1) is 0 Å². The van der Waals surface area contributed by atoms with Gasteiger partial charge in [0.25, 0.3) is 0 Å². The van der Waals surface area contributed by atoms with Crippen molar-refractivity contribution in [3.8, 4) is 0 Å². The van der Waals surface area contributed by atoms with Gasteiger partial charge in [-0.1, -0.05) is 49.7 Å². The topological polar surface area (TPSA) is 20.3 Å². The van der Waals surface area contributed by atoms with Gasteiger partial charge in [0.1, 0.15) is 5.78 Å². The first-order chi connectivity index (χ1) is 12.1. The zero-order valence-electron chi connectivity index (χ0n) is 16.7. The largest absolute Gasteiger partial charge is 0.300 e. The second-order valence-corrected chi connectivity index (χ2v) is 7.83. The number of rotatable bonds is 2. The van der Waals surface area contributed by atoms with Crippen LogP contribution in [0.5, 0.6) is 0 Å². The van der Waals surface area contributed by atoms with Crippen molar-refractivity contribution in [2.75, 3.05) is 13.1 Å². The maximum Gasteiger partial charge on any atom is 0.133 e. The minimum Gasteiger partial charge on any atom is -0.300 e. The molecule has 3 atom stereocenters. The number of piperidine rings is 1. The number of ketones is 1. The van der Waals surface area contributed by atoms with Crippen molar-refractivity contribution in [1.29, 1.82) is 0 Å². The van der Waals surface area contributed by atoms with Crippen LogP contribution in [0.3, 0.4) is 0 Å². The summed E-state index contributed by atoms with van der Waals surface area (Å²) < 4.78 is 0. The Labute approximate surface area is 155 Å². The third-order valence-electron chi connectivity index (χ3n) is 5.96. The summed E-state index contributed by atoms with van der Waals surface area (Å²) in [6, 6.07) is 11.0. The first-order valence-electron chi connectivity index (χ1n) is 10.4. The molecule has 140 valence electrons. The smallest absolute Gasteiger partial charge is 0.133 e. The van der Waals surface area contributed by atoms with Crippen molar-refractivity contribution in [2.24, 2.45) is 17.8 Å². The Morgan fingerprint density at radius 3 is 2.28 bits per heavy atom. The summed E-state index contributed by atoms with van der Waals surface area (Å²) in [4.78, 5) is 14.2. The molecule has 0 spiro atoms. The third-order valence-corrected chi connectivity index (χ3v) is 5.96. The van der Waals surface area contributed by atoms with E-state index >= 15 is 0 Å². The van der Waals surface area contributed by atoms with Crippen LogP contribution < -0.4 is 0 Å². The summed E-state index contributed by atoms with van der Waals surface area (Å²) in [6.45, 7) is 11.1. The van der Waals surface area contributed by atoms with Crippen molar-refractivity contribution >= 4 is 5.78 Å². The molecular weight excluding hydrogens is 306 g/mol. The SMILES string of the molecule is CC.CC1C2CCC(=O)CC2CCN1CC1CC1.Cc1ccccc1. The quantitative estimate of drug-likeness (QED) is 0.707. The number of carbonyl (C=O) groups excluding carboxylic acids is 1. The fraction of sp³-hybridized carbons (Fsp3) is 0.696. The van der Waals surface area contributed by atoms with E-state index in [4.69, 9.17) is 0 Å². The lowest BCUT2D eigenvalue weighted by Crippen LogP contribution is -2.50. The first kappa shape index (κ1) is 20.2. The molecule has 1 saturated heterocycles. The highest BCUT2D eigenvalue weighted by Crippen LogP contribution is 2.40. The van der Waals surface area contributed by atoms with E-state index in [-0.39, 0.29) is 0 Å². The highest BCUT2D eigenvalue weighted by Gasteiger charge is 2.40. The first-order valence-corrected chi connectivity index (χ1v) is 10.4. The number of Topliss-reactive ketones (excluding diaryl/α,β-unsaturated/α-hetero) is 1. The second kappa shape index (κ2) is 10.1. The summed E-state index contributed by atoms with van der Waals surface area (Å²) >= 11 is 0. The predicted molar refractivity (Wildman–Crippen MR) is 107 cm³/mol. The van der Waals surface area contributed by atoms with E-state index in [2.05, 4.69) is 30.9 Å². The second-order valence-electron chi connectivity index (χ2n) is 7.83. The Hall–Kier alpha value is -1.15. The average molecular weight is 344 g/mol. The maximum atomic E-state index is 11.5. The van der Waals surface area contributed by atoms with Crippen LogP contribution in [0, 0.1) is 24.7 Å². The lowest BCUT2D eigenvalue weighted by atomic mass is 9.71. The summed E-state index contributed by atoms with van der Waals surface area (Å²) in [7, 11) is 0. The highest BCUT2D eigenvalue weighted by molar-refractivity contribution is 5.79. The molecule has 1 aliphatic heterocycles. The summed E-state index contributed by atoms with van der Waals surface area (Å²) in [6.07, 6.45) is 7.07. The van der Waals surface area contributed by atoms with Crippen LogP contribution >= 0.6 is 0 Å². The number of aryl methyl sites for hydroxylation is 1. The molecule has 1 aromatic carbocycles. The van der Waals surface area contributed by atoms with E-state index in [1.807, 2.05) is 32.0 Å². The molecule has 3 unspecified atom stereocenters. The van der Waals surface area contributed by atoms with E-state index in [0.717, 1.165) is 37.1 Å². The highest BCUT2D eigenvalue weighted by atomic mass is 16.1. The number of carbonyl (C=O) groups is 1. The van der Waals surface area contributed by atoms with Crippen LogP contribution in [-0.2, 0) is 4.79 Å². The van der Waals surface area contributed by atoms with E-state index < -0.39 is 0 Å². The van der Waals surface area contributed by atoms with Crippen LogP contribution in [0.4, 0.5) is 0 Å². The van der Waals surface area contributed by atoms with Crippen LogP contribution in [0.1, 0.15) is 64.9 Å². The Morgan fingerprint density at radius 1 is 1.04 bits per heavy atom. The molecule has 0 aromatic heterocycles. The zero-order chi connectivity index (χ0) is 18.2. The minimum atomic E-state index is 0.518. The number of nitrogens with zero attached hydrogens (tertiary/aromatic N) is 1. The Kier molecular flexibility index (Phi) is 8.15. The lowest BCUT2D eigenvalue weighted by molar-refractivity contribution is -0.124. The van der Waals surface area contributed by atoms with Gasteiger partial charge < -0.3 is 4.90 Å². The Morgan fingerprint density at radius 2 is 1.72 bits per heavy atom. The number of likely N-dealkylation sites (tertiary alicyclic amines) is 1. The maximum absolute atomic E-state index is 11.5. The monoisotopic (exact) mass is 343 g/mol. The van der Waals surface area contributed by atoms with Crippen molar-refractivity contribution in [3.63, 3.8) is 0 Å². The molecule has 2 saturated carbocycles. The molecule has 3 aliphatic rings. The van der Waals surface area contributed by atoms with Gasteiger partial charge in [-0.2, -0.15) is 0 Å². The van der Waals surface area contributed by atoms with Gasteiger partial charge in [-0.3, -0.25) is 4.79 Å². The molecule has 4 rings (SSSR count). The summed E-state index contributed by atoms with van der Waals surface area (Å²) in [5.74, 6) is 3.05. The normalized spacial score (nSPS) is 28.8. The van der Waals surface area contributed by atoms with Gasteiger partial charge in [-0.05, 0) is 63.8 Å². The van der Waals surface area contributed by atoms with E-state index in [1.165, 1.54) is 37.9 Å². The summed E-state index contributed by atoms with van der Waals surface area (Å²) in [5, 5.41) is 0.